The summed E-state index contributed by atoms with van der Waals surface area (Å²) in [5.41, 5.74) is 2.89. The monoisotopic (exact) mass is 268 g/mol. The number of alkyl halides is 1. The van der Waals surface area contributed by atoms with Crippen molar-refractivity contribution in [3.8, 4) is 0 Å². The molecule has 0 saturated carbocycles. The lowest BCUT2D eigenvalue weighted by molar-refractivity contribution is 1.15. The number of hydrogen-bond acceptors (Lipinski definition) is 1. The summed E-state index contributed by atoms with van der Waals surface area (Å²) in [6.45, 7) is 4.40. The topological polar surface area (TPSA) is 0 Å². The van der Waals surface area contributed by atoms with E-state index in [4.69, 9.17) is 0 Å². The zero-order valence-electron chi connectivity index (χ0n) is 8.43. The van der Waals surface area contributed by atoms with Crippen LogP contribution in [0.5, 0.6) is 0 Å². The van der Waals surface area contributed by atoms with Crippen LogP contribution >= 0.6 is 27.3 Å². The van der Waals surface area contributed by atoms with E-state index in [0.717, 1.165) is 11.8 Å². The lowest BCUT2D eigenvalue weighted by Gasteiger charge is -1.98. The molecule has 2 rings (SSSR count). The molecule has 0 nitrogen and oxygen atoms in total. The first kappa shape index (κ1) is 10.2. The molecule has 0 aliphatic heterocycles. The first-order chi connectivity index (χ1) is 6.76. The zero-order valence-corrected chi connectivity index (χ0v) is 10.8. The third-order valence-corrected chi connectivity index (χ3v) is 4.29. The maximum atomic E-state index is 3.56. The lowest BCUT2D eigenvalue weighted by Crippen LogP contribution is -1.81. The second kappa shape index (κ2) is 4.03. The summed E-state index contributed by atoms with van der Waals surface area (Å²) < 4.78 is 1.41. The van der Waals surface area contributed by atoms with Gasteiger partial charge in [0.05, 0.1) is 0 Å². The Bertz CT molecular complexity index is 457. The van der Waals surface area contributed by atoms with E-state index < -0.39 is 0 Å². The van der Waals surface area contributed by atoms with Gasteiger partial charge in [0.25, 0.3) is 0 Å². The van der Waals surface area contributed by atoms with Crippen molar-refractivity contribution in [3.05, 3.63) is 34.2 Å². The minimum atomic E-state index is 0.964. The summed E-state index contributed by atoms with van der Waals surface area (Å²) in [5.74, 6) is 0. The number of hydrogen-bond donors (Lipinski definition) is 0. The van der Waals surface area contributed by atoms with Gasteiger partial charge < -0.3 is 0 Å². The van der Waals surface area contributed by atoms with Crippen LogP contribution in [-0.2, 0) is 11.8 Å². The molecule has 0 bridgehead atoms. The summed E-state index contributed by atoms with van der Waals surface area (Å²) in [5, 5.41) is 2.40. The third kappa shape index (κ3) is 1.61. The Hall–Kier alpha value is -0.340. The first-order valence-electron chi connectivity index (χ1n) is 4.83. The molecule has 2 aromatic rings. The highest BCUT2D eigenvalue weighted by atomic mass is 79.9. The molecule has 0 saturated heterocycles. The van der Waals surface area contributed by atoms with E-state index in [1.54, 1.807) is 0 Å². The van der Waals surface area contributed by atoms with Crippen molar-refractivity contribution in [2.24, 2.45) is 0 Å². The number of thiophene rings is 1. The van der Waals surface area contributed by atoms with Crippen LogP contribution in [-0.4, -0.2) is 0 Å². The van der Waals surface area contributed by atoms with Gasteiger partial charge in [-0.1, -0.05) is 35.0 Å². The maximum absolute atomic E-state index is 3.56. The Labute approximate surface area is 97.1 Å². The van der Waals surface area contributed by atoms with E-state index in [1.807, 2.05) is 11.3 Å². The minimum Gasteiger partial charge on any atom is -0.140 e. The molecule has 1 heterocycles. The summed E-state index contributed by atoms with van der Waals surface area (Å²) in [6.07, 6.45) is 1.12. The Morgan fingerprint density at radius 3 is 2.79 bits per heavy atom. The Morgan fingerprint density at radius 1 is 1.36 bits per heavy atom. The van der Waals surface area contributed by atoms with Crippen LogP contribution in [0.3, 0.4) is 0 Å². The Morgan fingerprint density at radius 2 is 2.14 bits per heavy atom. The van der Waals surface area contributed by atoms with E-state index >= 15 is 0 Å². The molecule has 0 unspecified atom stereocenters. The second-order valence-electron chi connectivity index (χ2n) is 3.45. The fourth-order valence-corrected chi connectivity index (χ4v) is 3.68. The van der Waals surface area contributed by atoms with E-state index in [-0.39, 0.29) is 0 Å². The van der Waals surface area contributed by atoms with Gasteiger partial charge in [0.15, 0.2) is 0 Å². The van der Waals surface area contributed by atoms with Gasteiger partial charge in [0.1, 0.15) is 0 Å². The number of aryl methyl sites for hydroxylation is 2. The van der Waals surface area contributed by atoms with Crippen LogP contribution in [0.15, 0.2) is 18.2 Å². The molecule has 0 N–H and O–H groups in total. The number of rotatable bonds is 2. The fraction of sp³-hybridized carbons (Fsp3) is 0.333. The molecule has 0 radical (unpaired) electrons. The number of fused-ring (bicyclic) bond motifs is 1. The number of halogens is 1. The summed E-state index contributed by atoms with van der Waals surface area (Å²) in [7, 11) is 0. The number of benzene rings is 1. The Balaban J connectivity index is 2.71. The molecule has 0 atom stereocenters. The van der Waals surface area contributed by atoms with Crippen molar-refractivity contribution in [3.63, 3.8) is 0 Å². The lowest BCUT2D eigenvalue weighted by atomic mass is 10.1. The van der Waals surface area contributed by atoms with Gasteiger partial charge in [0.2, 0.25) is 0 Å². The quantitative estimate of drug-likeness (QED) is 0.695. The first-order valence-corrected chi connectivity index (χ1v) is 6.77. The molecule has 0 fully saturated rings. The van der Waals surface area contributed by atoms with E-state index in [0.29, 0.717) is 0 Å². The van der Waals surface area contributed by atoms with E-state index in [1.165, 1.54) is 26.1 Å². The Kier molecular flexibility index (Phi) is 2.93. The second-order valence-corrected chi connectivity index (χ2v) is 5.27. The smallest absolute Gasteiger partial charge is 0.0348 e. The van der Waals surface area contributed by atoms with Gasteiger partial charge in [-0.25, -0.2) is 0 Å². The molecule has 14 heavy (non-hydrogen) atoms. The predicted octanol–water partition coefficient (Wildman–Crippen LogP) is 4.67. The van der Waals surface area contributed by atoms with Crippen LogP contribution in [0.4, 0.5) is 0 Å². The van der Waals surface area contributed by atoms with Crippen molar-refractivity contribution in [2.75, 3.05) is 0 Å². The van der Waals surface area contributed by atoms with Crippen LogP contribution in [0.2, 0.25) is 0 Å². The van der Waals surface area contributed by atoms with Gasteiger partial charge in [-0.15, -0.1) is 11.3 Å². The van der Waals surface area contributed by atoms with E-state index in [2.05, 4.69) is 48.0 Å². The van der Waals surface area contributed by atoms with Crippen molar-refractivity contribution in [2.45, 2.75) is 25.6 Å². The normalized spacial score (nSPS) is 11.1. The summed E-state index contributed by atoms with van der Waals surface area (Å²) in [4.78, 5) is 1.44. The van der Waals surface area contributed by atoms with Crippen LogP contribution in [0.25, 0.3) is 10.1 Å². The molecule has 0 aliphatic carbocycles. The molecule has 1 aromatic carbocycles. The van der Waals surface area contributed by atoms with Gasteiger partial charge in [0, 0.05) is 14.9 Å². The molecular formula is C12H13BrS. The van der Waals surface area contributed by atoms with Crippen molar-refractivity contribution in [1.82, 2.24) is 0 Å². The summed E-state index contributed by atoms with van der Waals surface area (Å²) in [6, 6.07) is 6.81. The van der Waals surface area contributed by atoms with Crippen molar-refractivity contribution < 1.29 is 0 Å². The van der Waals surface area contributed by atoms with E-state index in [9.17, 15) is 0 Å². The van der Waals surface area contributed by atoms with Gasteiger partial charge in [-0.2, -0.15) is 0 Å². The van der Waals surface area contributed by atoms with Crippen LogP contribution in [0.1, 0.15) is 22.9 Å². The summed E-state index contributed by atoms with van der Waals surface area (Å²) >= 11 is 5.45. The fourth-order valence-electron chi connectivity index (χ4n) is 1.70. The van der Waals surface area contributed by atoms with Gasteiger partial charge in [-0.3, -0.25) is 0 Å². The van der Waals surface area contributed by atoms with Gasteiger partial charge in [-0.05, 0) is 35.9 Å². The molecule has 0 amide bonds. The van der Waals surface area contributed by atoms with Crippen LogP contribution in [0, 0.1) is 6.92 Å². The standard InChI is InChI=1S/C12H13BrS/c1-3-9-4-5-12-10(6-9)11(7-13)8(2)14-12/h4-6H,3,7H2,1-2H3. The average Bonchev–Trinajstić information content (AvgIpc) is 2.52. The third-order valence-electron chi connectivity index (χ3n) is 2.60. The largest absolute Gasteiger partial charge is 0.140 e. The van der Waals surface area contributed by atoms with Gasteiger partial charge >= 0.3 is 0 Å². The molecule has 0 aliphatic rings. The SMILES string of the molecule is CCc1ccc2sc(C)c(CBr)c2c1. The molecule has 1 aromatic heterocycles. The maximum Gasteiger partial charge on any atom is 0.0348 e. The highest BCUT2D eigenvalue weighted by Crippen LogP contribution is 2.32. The highest BCUT2D eigenvalue weighted by Gasteiger charge is 2.07. The van der Waals surface area contributed by atoms with Crippen molar-refractivity contribution in [1.29, 1.82) is 0 Å². The highest BCUT2D eigenvalue weighted by molar-refractivity contribution is 9.08. The average molecular weight is 269 g/mol. The van der Waals surface area contributed by atoms with Crippen molar-refractivity contribution >= 4 is 37.4 Å². The zero-order chi connectivity index (χ0) is 10.1. The minimum absolute atomic E-state index is 0.964. The van der Waals surface area contributed by atoms with Crippen LogP contribution < -0.4 is 0 Å². The molecular weight excluding hydrogens is 256 g/mol. The molecule has 74 valence electrons. The molecule has 0 spiro atoms. The molecule has 2 heteroatoms. The predicted molar refractivity (Wildman–Crippen MR) is 68.6 cm³/mol.